The van der Waals surface area contributed by atoms with Gasteiger partial charge in [0.15, 0.2) is 0 Å². The second-order valence-electron chi connectivity index (χ2n) is 6.74. The van der Waals surface area contributed by atoms with Crippen LogP contribution in [-0.2, 0) is 13.1 Å². The molecular weight excluding hydrogens is 304 g/mol. The Bertz CT molecular complexity index is 627. The largest absolute Gasteiger partial charge is 0.356 e. The molecule has 23 heavy (non-hydrogen) atoms. The smallest absolute Gasteiger partial charge is 0.202 e. The zero-order valence-electron chi connectivity index (χ0n) is 13.5. The molecule has 0 amide bonds. The van der Waals surface area contributed by atoms with Gasteiger partial charge in [0.25, 0.3) is 0 Å². The molecule has 1 aromatic carbocycles. The van der Waals surface area contributed by atoms with Crippen molar-refractivity contribution in [2.45, 2.75) is 51.1 Å². The lowest BCUT2D eigenvalue weighted by molar-refractivity contribution is 0.221. The minimum absolute atomic E-state index is 0.635. The Balaban J connectivity index is 1.28. The summed E-state index contributed by atoms with van der Waals surface area (Å²) >= 11 is 1.48. The van der Waals surface area contributed by atoms with Gasteiger partial charge in [0.1, 0.15) is 5.82 Å². The Hall–Kier alpha value is -1.46. The van der Waals surface area contributed by atoms with Gasteiger partial charge < -0.3 is 5.32 Å². The van der Waals surface area contributed by atoms with Crippen LogP contribution in [0.3, 0.4) is 0 Å². The van der Waals surface area contributed by atoms with Gasteiger partial charge in [0.2, 0.25) is 5.13 Å². The van der Waals surface area contributed by atoms with Crippen molar-refractivity contribution in [1.82, 2.24) is 14.3 Å². The molecule has 1 N–H and O–H groups in total. The zero-order valence-corrected chi connectivity index (χ0v) is 14.3. The van der Waals surface area contributed by atoms with Crippen molar-refractivity contribution in [2.75, 3.05) is 18.4 Å². The lowest BCUT2D eigenvalue weighted by atomic mass is 10.1. The van der Waals surface area contributed by atoms with Crippen LogP contribution in [0.25, 0.3) is 0 Å². The van der Waals surface area contributed by atoms with Crippen molar-refractivity contribution in [3.8, 4) is 0 Å². The SMILES string of the molecule is c1cc(CN2CCCCC2)ccc1CNc1nc(C2CC2)ns1. The van der Waals surface area contributed by atoms with Gasteiger partial charge in [-0.05, 0) is 49.9 Å². The lowest BCUT2D eigenvalue weighted by Crippen LogP contribution is -2.29. The van der Waals surface area contributed by atoms with E-state index < -0.39 is 0 Å². The van der Waals surface area contributed by atoms with Gasteiger partial charge in [0, 0.05) is 30.5 Å². The van der Waals surface area contributed by atoms with Crippen molar-refractivity contribution >= 4 is 16.7 Å². The second kappa shape index (κ2) is 6.97. The molecule has 2 aliphatic rings. The Morgan fingerprint density at radius 2 is 1.78 bits per heavy atom. The maximum atomic E-state index is 4.57. The average molecular weight is 328 g/mol. The standard InChI is InChI=1S/C18H24N4S/c1-2-10-22(11-3-1)13-15-6-4-14(5-7-15)12-19-18-20-17(21-23-18)16-8-9-16/h4-7,16H,1-3,8-13H2,(H,19,20,21). The molecule has 5 heteroatoms. The molecular formula is C18H24N4S. The summed E-state index contributed by atoms with van der Waals surface area (Å²) in [5, 5.41) is 4.35. The molecule has 2 aromatic rings. The van der Waals surface area contributed by atoms with Gasteiger partial charge in [0.05, 0.1) is 0 Å². The van der Waals surface area contributed by atoms with Crippen LogP contribution < -0.4 is 5.32 Å². The summed E-state index contributed by atoms with van der Waals surface area (Å²) < 4.78 is 4.43. The van der Waals surface area contributed by atoms with Crippen LogP contribution in [0.1, 0.15) is 55.0 Å². The van der Waals surface area contributed by atoms with Crippen LogP contribution in [0.4, 0.5) is 5.13 Å². The van der Waals surface area contributed by atoms with Gasteiger partial charge in [-0.1, -0.05) is 30.7 Å². The summed E-state index contributed by atoms with van der Waals surface area (Å²) in [5.74, 6) is 1.67. The van der Waals surface area contributed by atoms with Crippen LogP contribution in [0.15, 0.2) is 24.3 Å². The highest BCUT2D eigenvalue weighted by Crippen LogP contribution is 2.39. The van der Waals surface area contributed by atoms with Crippen LogP contribution >= 0.6 is 11.5 Å². The Labute approximate surface area is 142 Å². The maximum absolute atomic E-state index is 4.57. The topological polar surface area (TPSA) is 41.0 Å². The van der Waals surface area contributed by atoms with Crippen molar-refractivity contribution in [3.63, 3.8) is 0 Å². The van der Waals surface area contributed by atoms with E-state index in [0.29, 0.717) is 5.92 Å². The second-order valence-corrected chi connectivity index (χ2v) is 7.49. The highest BCUT2D eigenvalue weighted by Gasteiger charge is 2.27. The number of anilines is 1. The molecule has 0 radical (unpaired) electrons. The highest BCUT2D eigenvalue weighted by molar-refractivity contribution is 7.09. The number of nitrogens with zero attached hydrogens (tertiary/aromatic N) is 3. The summed E-state index contributed by atoms with van der Waals surface area (Å²) in [4.78, 5) is 7.14. The van der Waals surface area contributed by atoms with Gasteiger partial charge in [-0.2, -0.15) is 4.37 Å². The fraction of sp³-hybridized carbons (Fsp3) is 0.556. The first-order valence-electron chi connectivity index (χ1n) is 8.74. The first-order valence-corrected chi connectivity index (χ1v) is 9.52. The summed E-state index contributed by atoms with van der Waals surface area (Å²) in [7, 11) is 0. The quantitative estimate of drug-likeness (QED) is 0.870. The number of likely N-dealkylation sites (tertiary alicyclic amines) is 1. The third-order valence-corrected chi connectivity index (χ3v) is 5.39. The van der Waals surface area contributed by atoms with Crippen LogP contribution in [0.5, 0.6) is 0 Å². The maximum Gasteiger partial charge on any atom is 0.202 e. The predicted octanol–water partition coefficient (Wildman–Crippen LogP) is 4.01. The number of nitrogens with one attached hydrogen (secondary N) is 1. The highest BCUT2D eigenvalue weighted by atomic mass is 32.1. The molecule has 4 rings (SSSR count). The first kappa shape index (κ1) is 15.1. The molecule has 0 unspecified atom stereocenters. The number of aromatic nitrogens is 2. The summed E-state index contributed by atoms with van der Waals surface area (Å²) in [6, 6.07) is 8.99. The number of piperidine rings is 1. The predicted molar refractivity (Wildman–Crippen MR) is 94.8 cm³/mol. The molecule has 2 fully saturated rings. The van der Waals surface area contributed by atoms with E-state index in [1.54, 1.807) is 0 Å². The van der Waals surface area contributed by atoms with E-state index >= 15 is 0 Å². The molecule has 0 atom stereocenters. The van der Waals surface area contributed by atoms with E-state index in [1.165, 1.54) is 67.9 Å². The molecule has 1 aliphatic heterocycles. The van der Waals surface area contributed by atoms with E-state index in [4.69, 9.17) is 0 Å². The Morgan fingerprint density at radius 3 is 2.52 bits per heavy atom. The minimum Gasteiger partial charge on any atom is -0.356 e. The molecule has 0 bridgehead atoms. The van der Waals surface area contributed by atoms with Gasteiger partial charge >= 0.3 is 0 Å². The monoisotopic (exact) mass is 328 g/mol. The molecule has 4 nitrogen and oxygen atoms in total. The average Bonchev–Trinajstić information content (AvgIpc) is 3.34. The molecule has 122 valence electrons. The Morgan fingerprint density at radius 1 is 1.04 bits per heavy atom. The molecule has 1 saturated carbocycles. The first-order chi connectivity index (χ1) is 11.4. The van der Waals surface area contributed by atoms with Gasteiger partial charge in [-0.25, -0.2) is 4.98 Å². The summed E-state index contributed by atoms with van der Waals surface area (Å²) in [5.41, 5.74) is 2.72. The molecule has 1 aliphatic carbocycles. The Kier molecular flexibility index (Phi) is 4.57. The third kappa shape index (κ3) is 4.09. The van der Waals surface area contributed by atoms with E-state index in [9.17, 15) is 0 Å². The lowest BCUT2D eigenvalue weighted by Gasteiger charge is -2.26. The summed E-state index contributed by atoms with van der Waals surface area (Å²) in [6.07, 6.45) is 6.62. The normalized spacial score (nSPS) is 19.0. The van der Waals surface area contributed by atoms with Crippen molar-refractivity contribution in [2.24, 2.45) is 0 Å². The number of rotatable bonds is 6. The van der Waals surface area contributed by atoms with Crippen LogP contribution in [-0.4, -0.2) is 27.3 Å². The molecule has 2 heterocycles. The van der Waals surface area contributed by atoms with Crippen molar-refractivity contribution in [3.05, 3.63) is 41.2 Å². The van der Waals surface area contributed by atoms with E-state index in [2.05, 4.69) is 43.8 Å². The molecule has 0 spiro atoms. The minimum atomic E-state index is 0.635. The molecule has 1 saturated heterocycles. The van der Waals surface area contributed by atoms with E-state index in [-0.39, 0.29) is 0 Å². The fourth-order valence-corrected chi connectivity index (χ4v) is 3.77. The number of hydrogen-bond donors (Lipinski definition) is 1. The fourth-order valence-electron chi connectivity index (χ4n) is 3.13. The van der Waals surface area contributed by atoms with Crippen molar-refractivity contribution < 1.29 is 0 Å². The zero-order chi connectivity index (χ0) is 15.5. The van der Waals surface area contributed by atoms with Crippen LogP contribution in [0.2, 0.25) is 0 Å². The van der Waals surface area contributed by atoms with Crippen molar-refractivity contribution in [1.29, 1.82) is 0 Å². The van der Waals surface area contributed by atoms with E-state index in [0.717, 1.165) is 24.0 Å². The number of hydrogen-bond acceptors (Lipinski definition) is 5. The van der Waals surface area contributed by atoms with Gasteiger partial charge in [-0.3, -0.25) is 4.90 Å². The third-order valence-electron chi connectivity index (χ3n) is 4.71. The van der Waals surface area contributed by atoms with Gasteiger partial charge in [-0.15, -0.1) is 0 Å². The molecule has 1 aromatic heterocycles. The summed E-state index contributed by atoms with van der Waals surface area (Å²) in [6.45, 7) is 4.42. The van der Waals surface area contributed by atoms with E-state index in [1.807, 2.05) is 0 Å². The van der Waals surface area contributed by atoms with Crippen LogP contribution in [0, 0.1) is 0 Å². The number of benzene rings is 1.